The van der Waals surface area contributed by atoms with Gasteiger partial charge in [0.25, 0.3) is 0 Å². The first kappa shape index (κ1) is 19.1. The van der Waals surface area contributed by atoms with Crippen LogP contribution < -0.4 is 14.8 Å². The number of methoxy groups -OCH3 is 2. The van der Waals surface area contributed by atoms with Crippen LogP contribution in [0.2, 0.25) is 5.02 Å². The molecule has 0 spiro atoms. The minimum absolute atomic E-state index is 0.0423. The highest BCUT2D eigenvalue weighted by molar-refractivity contribution is 6.30. The molecule has 0 saturated carbocycles. The number of ether oxygens (including phenoxy) is 2. The van der Waals surface area contributed by atoms with Gasteiger partial charge in [-0.15, -0.1) is 0 Å². The van der Waals surface area contributed by atoms with E-state index in [0.29, 0.717) is 18.1 Å². The summed E-state index contributed by atoms with van der Waals surface area (Å²) in [6.07, 6.45) is 0. The fourth-order valence-electron chi connectivity index (χ4n) is 2.46. The Bertz CT molecular complexity index is 704. The largest absolute Gasteiger partial charge is 0.497 e. The van der Waals surface area contributed by atoms with E-state index >= 15 is 0 Å². The standard InChI is InChI=1S/C19H23ClN2O3/c1-22(12-15-10-16(20)6-9-18(15)25-3)13-19(23)21-11-14-4-7-17(24-2)8-5-14/h4-10H,11-13H2,1-3H3,(H,21,23). The molecule has 0 fully saturated rings. The van der Waals surface area contributed by atoms with E-state index in [0.717, 1.165) is 22.6 Å². The molecule has 0 heterocycles. The molecule has 6 heteroatoms. The number of hydrogen-bond acceptors (Lipinski definition) is 4. The smallest absolute Gasteiger partial charge is 0.234 e. The number of hydrogen-bond donors (Lipinski definition) is 1. The average Bonchev–Trinajstić information content (AvgIpc) is 2.60. The summed E-state index contributed by atoms with van der Waals surface area (Å²) in [5.74, 6) is 1.51. The highest BCUT2D eigenvalue weighted by Crippen LogP contribution is 2.23. The minimum atomic E-state index is -0.0423. The molecule has 0 atom stereocenters. The summed E-state index contributed by atoms with van der Waals surface area (Å²) in [5, 5.41) is 3.56. The van der Waals surface area contributed by atoms with E-state index in [4.69, 9.17) is 21.1 Å². The molecule has 0 bridgehead atoms. The molecule has 0 aliphatic rings. The van der Waals surface area contributed by atoms with Crippen LogP contribution in [0.5, 0.6) is 11.5 Å². The fraction of sp³-hybridized carbons (Fsp3) is 0.316. The van der Waals surface area contributed by atoms with Gasteiger partial charge in [-0.3, -0.25) is 9.69 Å². The maximum Gasteiger partial charge on any atom is 0.234 e. The van der Waals surface area contributed by atoms with Gasteiger partial charge in [0.2, 0.25) is 5.91 Å². The first-order chi connectivity index (χ1) is 12.0. The predicted molar refractivity (Wildman–Crippen MR) is 99.2 cm³/mol. The van der Waals surface area contributed by atoms with Crippen molar-refractivity contribution in [3.8, 4) is 11.5 Å². The minimum Gasteiger partial charge on any atom is -0.497 e. The van der Waals surface area contributed by atoms with Crippen molar-refractivity contribution in [1.29, 1.82) is 0 Å². The molecule has 1 N–H and O–H groups in total. The van der Waals surface area contributed by atoms with Crippen molar-refractivity contribution in [1.82, 2.24) is 10.2 Å². The Morgan fingerprint density at radius 1 is 1.12 bits per heavy atom. The van der Waals surface area contributed by atoms with E-state index in [-0.39, 0.29) is 12.5 Å². The van der Waals surface area contributed by atoms with Gasteiger partial charge in [-0.05, 0) is 42.9 Å². The van der Waals surface area contributed by atoms with Crippen molar-refractivity contribution in [3.05, 3.63) is 58.6 Å². The molecule has 2 rings (SSSR count). The molecular weight excluding hydrogens is 340 g/mol. The van der Waals surface area contributed by atoms with Gasteiger partial charge in [-0.2, -0.15) is 0 Å². The SMILES string of the molecule is COc1ccc(CNC(=O)CN(C)Cc2cc(Cl)ccc2OC)cc1. The maximum absolute atomic E-state index is 12.1. The first-order valence-electron chi connectivity index (χ1n) is 7.92. The van der Waals surface area contributed by atoms with Gasteiger partial charge in [0.15, 0.2) is 0 Å². The summed E-state index contributed by atoms with van der Waals surface area (Å²) < 4.78 is 10.5. The van der Waals surface area contributed by atoms with Gasteiger partial charge >= 0.3 is 0 Å². The third-order valence-corrected chi connectivity index (χ3v) is 3.98. The first-order valence-corrected chi connectivity index (χ1v) is 8.30. The summed E-state index contributed by atoms with van der Waals surface area (Å²) in [7, 11) is 5.13. The summed E-state index contributed by atoms with van der Waals surface area (Å²) in [6.45, 7) is 1.34. The van der Waals surface area contributed by atoms with Crippen LogP contribution in [0, 0.1) is 0 Å². The molecule has 0 aliphatic heterocycles. The number of benzene rings is 2. The molecular formula is C19H23ClN2O3. The molecule has 0 saturated heterocycles. The molecule has 5 nitrogen and oxygen atoms in total. The van der Waals surface area contributed by atoms with Crippen molar-refractivity contribution in [2.75, 3.05) is 27.8 Å². The number of carbonyl (C=O) groups is 1. The quantitative estimate of drug-likeness (QED) is 0.784. The molecule has 25 heavy (non-hydrogen) atoms. The number of carbonyl (C=O) groups excluding carboxylic acids is 1. The number of likely N-dealkylation sites (N-methyl/N-ethyl adjacent to an activating group) is 1. The lowest BCUT2D eigenvalue weighted by atomic mass is 10.2. The number of nitrogens with zero attached hydrogens (tertiary/aromatic N) is 1. The van der Waals surface area contributed by atoms with Gasteiger partial charge in [-0.1, -0.05) is 23.7 Å². The molecule has 0 unspecified atom stereocenters. The predicted octanol–water partition coefficient (Wildman–Crippen LogP) is 3.11. The second kappa shape index (κ2) is 9.30. The zero-order chi connectivity index (χ0) is 18.2. The summed E-state index contributed by atoms with van der Waals surface area (Å²) in [5.41, 5.74) is 1.97. The van der Waals surface area contributed by atoms with E-state index < -0.39 is 0 Å². The molecule has 1 amide bonds. The second-order valence-electron chi connectivity index (χ2n) is 5.75. The van der Waals surface area contributed by atoms with Crippen LogP contribution in [0.3, 0.4) is 0 Å². The highest BCUT2D eigenvalue weighted by atomic mass is 35.5. The van der Waals surface area contributed by atoms with Gasteiger partial charge in [-0.25, -0.2) is 0 Å². The Kier molecular flexibility index (Phi) is 7.10. The van der Waals surface area contributed by atoms with E-state index in [1.54, 1.807) is 20.3 Å². The normalized spacial score (nSPS) is 10.6. The van der Waals surface area contributed by atoms with Crippen LogP contribution in [0.25, 0.3) is 0 Å². The molecule has 134 valence electrons. The van der Waals surface area contributed by atoms with Crippen LogP contribution in [0.1, 0.15) is 11.1 Å². The number of nitrogens with one attached hydrogen (secondary N) is 1. The van der Waals surface area contributed by atoms with Gasteiger partial charge in [0, 0.05) is 23.7 Å². The maximum atomic E-state index is 12.1. The van der Waals surface area contributed by atoms with Crippen molar-refractivity contribution in [2.45, 2.75) is 13.1 Å². The topological polar surface area (TPSA) is 50.8 Å². The Hall–Kier alpha value is -2.24. The summed E-state index contributed by atoms with van der Waals surface area (Å²) in [6, 6.07) is 13.1. The lowest BCUT2D eigenvalue weighted by Gasteiger charge is -2.18. The highest BCUT2D eigenvalue weighted by Gasteiger charge is 2.11. The molecule has 2 aromatic rings. The second-order valence-corrected chi connectivity index (χ2v) is 6.19. The van der Waals surface area contributed by atoms with Crippen LogP contribution in [0.4, 0.5) is 0 Å². The van der Waals surface area contributed by atoms with E-state index in [2.05, 4.69) is 5.32 Å². The van der Waals surface area contributed by atoms with Crippen LogP contribution in [0.15, 0.2) is 42.5 Å². The van der Waals surface area contributed by atoms with Gasteiger partial charge < -0.3 is 14.8 Å². The Morgan fingerprint density at radius 2 is 1.84 bits per heavy atom. The number of halogens is 1. The van der Waals surface area contributed by atoms with E-state index in [9.17, 15) is 4.79 Å². The lowest BCUT2D eigenvalue weighted by Crippen LogP contribution is -2.34. The van der Waals surface area contributed by atoms with Crippen molar-refractivity contribution in [3.63, 3.8) is 0 Å². The average molecular weight is 363 g/mol. The molecule has 0 aliphatic carbocycles. The Morgan fingerprint density at radius 3 is 2.48 bits per heavy atom. The van der Waals surface area contributed by atoms with Gasteiger partial charge in [0.1, 0.15) is 11.5 Å². The Balaban J connectivity index is 1.84. The lowest BCUT2D eigenvalue weighted by molar-refractivity contribution is -0.122. The monoisotopic (exact) mass is 362 g/mol. The van der Waals surface area contributed by atoms with Crippen molar-refractivity contribution >= 4 is 17.5 Å². The van der Waals surface area contributed by atoms with Crippen LogP contribution in [-0.4, -0.2) is 38.6 Å². The zero-order valence-corrected chi connectivity index (χ0v) is 15.5. The molecule has 0 aromatic heterocycles. The van der Waals surface area contributed by atoms with Crippen molar-refractivity contribution < 1.29 is 14.3 Å². The third-order valence-electron chi connectivity index (χ3n) is 3.74. The zero-order valence-electron chi connectivity index (χ0n) is 14.7. The number of amides is 1. The molecule has 2 aromatic carbocycles. The van der Waals surface area contributed by atoms with Crippen LogP contribution in [-0.2, 0) is 17.9 Å². The number of rotatable bonds is 8. The third kappa shape index (κ3) is 5.96. The van der Waals surface area contributed by atoms with E-state index in [1.807, 2.05) is 48.3 Å². The summed E-state index contributed by atoms with van der Waals surface area (Å²) >= 11 is 6.04. The van der Waals surface area contributed by atoms with E-state index in [1.165, 1.54) is 0 Å². The van der Waals surface area contributed by atoms with Gasteiger partial charge in [0.05, 0.1) is 20.8 Å². The summed E-state index contributed by atoms with van der Waals surface area (Å²) in [4.78, 5) is 14.0. The van der Waals surface area contributed by atoms with Crippen molar-refractivity contribution in [2.24, 2.45) is 0 Å². The molecule has 0 radical (unpaired) electrons. The Labute approximate surface area is 153 Å². The fourth-order valence-corrected chi connectivity index (χ4v) is 2.66. The van der Waals surface area contributed by atoms with Crippen LogP contribution >= 0.6 is 11.6 Å².